The number of anilines is 2. The summed E-state index contributed by atoms with van der Waals surface area (Å²) in [4.78, 5) is 20.0. The zero-order valence-corrected chi connectivity index (χ0v) is 16.1. The van der Waals surface area contributed by atoms with Crippen LogP contribution in [0.3, 0.4) is 0 Å². The van der Waals surface area contributed by atoms with Crippen LogP contribution in [0.4, 0.5) is 11.5 Å². The number of aromatic amines is 1. The van der Waals surface area contributed by atoms with E-state index in [0.717, 1.165) is 22.2 Å². The van der Waals surface area contributed by atoms with E-state index in [-0.39, 0.29) is 5.56 Å². The molecule has 5 rings (SSSR count). The summed E-state index contributed by atoms with van der Waals surface area (Å²) in [6.07, 6.45) is 7.24. The van der Waals surface area contributed by atoms with E-state index in [4.69, 9.17) is 0 Å². The van der Waals surface area contributed by atoms with E-state index in [9.17, 15) is 4.79 Å². The molecular weight excluding hydrogens is 374 g/mol. The third-order valence-corrected chi connectivity index (χ3v) is 4.98. The highest BCUT2D eigenvalue weighted by Crippen LogP contribution is 2.30. The number of aromatic nitrogens is 4. The summed E-state index contributed by atoms with van der Waals surface area (Å²) in [5, 5.41) is 9.10. The Morgan fingerprint density at radius 3 is 2.50 bits per heavy atom. The lowest BCUT2D eigenvalue weighted by molar-refractivity contribution is 0.687. The maximum atomic E-state index is 12.7. The monoisotopic (exact) mass is 393 g/mol. The molecule has 0 unspecified atom stereocenters. The van der Waals surface area contributed by atoms with Crippen molar-refractivity contribution < 1.29 is 0 Å². The Labute approximate surface area is 172 Å². The van der Waals surface area contributed by atoms with Crippen LogP contribution in [-0.4, -0.2) is 19.7 Å². The molecule has 0 saturated heterocycles. The van der Waals surface area contributed by atoms with Gasteiger partial charge in [-0.15, -0.1) is 0 Å². The van der Waals surface area contributed by atoms with E-state index < -0.39 is 0 Å². The number of para-hydroxylation sites is 1. The molecule has 146 valence electrons. The molecule has 0 saturated carbocycles. The van der Waals surface area contributed by atoms with Crippen molar-refractivity contribution in [3.05, 3.63) is 107 Å². The first-order valence-electron chi connectivity index (χ1n) is 9.67. The van der Waals surface area contributed by atoms with Crippen LogP contribution in [0.5, 0.6) is 0 Å². The molecule has 6 nitrogen and oxygen atoms in total. The molecule has 0 bridgehead atoms. The van der Waals surface area contributed by atoms with E-state index in [0.29, 0.717) is 17.7 Å². The van der Waals surface area contributed by atoms with Gasteiger partial charge in [-0.2, -0.15) is 5.10 Å². The van der Waals surface area contributed by atoms with Crippen molar-refractivity contribution in [1.82, 2.24) is 19.7 Å². The largest absolute Gasteiger partial charge is 0.340 e. The Hall–Kier alpha value is -4.19. The maximum absolute atomic E-state index is 12.7. The van der Waals surface area contributed by atoms with Gasteiger partial charge in [-0.05, 0) is 23.8 Å². The molecule has 30 heavy (non-hydrogen) atoms. The van der Waals surface area contributed by atoms with Crippen LogP contribution in [0.2, 0.25) is 0 Å². The Morgan fingerprint density at radius 2 is 1.70 bits per heavy atom. The van der Waals surface area contributed by atoms with E-state index in [1.165, 1.54) is 5.56 Å². The van der Waals surface area contributed by atoms with Gasteiger partial charge in [0, 0.05) is 40.8 Å². The molecule has 3 aromatic heterocycles. The summed E-state index contributed by atoms with van der Waals surface area (Å²) >= 11 is 0. The first kappa shape index (κ1) is 17.9. The van der Waals surface area contributed by atoms with Crippen molar-refractivity contribution in [3.63, 3.8) is 0 Å². The second kappa shape index (κ2) is 7.67. The molecule has 3 heterocycles. The molecule has 2 aromatic carbocycles. The molecule has 6 heteroatoms. The number of hydrogen-bond donors (Lipinski definition) is 2. The van der Waals surface area contributed by atoms with Crippen LogP contribution < -0.4 is 10.9 Å². The highest BCUT2D eigenvalue weighted by Gasteiger charge is 2.14. The van der Waals surface area contributed by atoms with E-state index in [2.05, 4.69) is 32.5 Å². The average Bonchev–Trinajstić information content (AvgIpc) is 3.23. The number of rotatable bonds is 5. The summed E-state index contributed by atoms with van der Waals surface area (Å²) in [6, 6.07) is 21.8. The van der Waals surface area contributed by atoms with Gasteiger partial charge in [0.25, 0.3) is 5.56 Å². The topological polar surface area (TPSA) is 75.6 Å². The molecule has 5 aromatic rings. The zero-order chi connectivity index (χ0) is 20.3. The van der Waals surface area contributed by atoms with Crippen molar-refractivity contribution >= 4 is 22.3 Å². The standard InChI is InChI=1S/C24H19N5O/c30-24-22-20(11-12-25-24)21(14-26-23(22)28-19-9-5-2-6-10-19)18-13-27-29(16-18)15-17-7-3-1-4-8-17/h1-14,16H,15H2,(H,25,30)(H,26,28). The van der Waals surface area contributed by atoms with Crippen LogP contribution in [0.1, 0.15) is 5.56 Å². The minimum atomic E-state index is -0.183. The average molecular weight is 393 g/mol. The molecule has 0 aliphatic rings. The summed E-state index contributed by atoms with van der Waals surface area (Å²) in [7, 11) is 0. The minimum Gasteiger partial charge on any atom is -0.340 e. The van der Waals surface area contributed by atoms with Crippen LogP contribution in [0, 0.1) is 0 Å². The molecular formula is C24H19N5O. The lowest BCUT2D eigenvalue weighted by Crippen LogP contribution is -2.09. The van der Waals surface area contributed by atoms with Crippen molar-refractivity contribution in [1.29, 1.82) is 0 Å². The predicted octanol–water partition coefficient (Wildman–Crippen LogP) is 4.58. The summed E-state index contributed by atoms with van der Waals surface area (Å²) in [5.74, 6) is 0.526. The van der Waals surface area contributed by atoms with Gasteiger partial charge in [0.05, 0.1) is 18.1 Å². The quantitative estimate of drug-likeness (QED) is 0.458. The van der Waals surface area contributed by atoms with E-state index in [1.807, 2.05) is 71.7 Å². The van der Waals surface area contributed by atoms with Gasteiger partial charge in [0.15, 0.2) is 0 Å². The Bertz CT molecular complexity index is 1360. The number of fused-ring (bicyclic) bond motifs is 1. The number of nitrogens with zero attached hydrogens (tertiary/aromatic N) is 3. The number of benzene rings is 2. The van der Waals surface area contributed by atoms with Gasteiger partial charge in [-0.1, -0.05) is 48.5 Å². The summed E-state index contributed by atoms with van der Waals surface area (Å²) < 4.78 is 1.89. The summed E-state index contributed by atoms with van der Waals surface area (Å²) in [6.45, 7) is 0.681. The smallest absolute Gasteiger partial charge is 0.259 e. The fourth-order valence-electron chi connectivity index (χ4n) is 3.54. The fourth-order valence-corrected chi connectivity index (χ4v) is 3.54. The van der Waals surface area contributed by atoms with Crippen LogP contribution in [0.25, 0.3) is 21.9 Å². The van der Waals surface area contributed by atoms with Crippen molar-refractivity contribution in [2.45, 2.75) is 6.54 Å². The lowest BCUT2D eigenvalue weighted by atomic mass is 10.0. The molecule has 0 fully saturated rings. The second-order valence-corrected chi connectivity index (χ2v) is 7.02. The van der Waals surface area contributed by atoms with Crippen LogP contribution in [0.15, 0.2) is 96.3 Å². The highest BCUT2D eigenvalue weighted by molar-refractivity contribution is 6.01. The number of pyridine rings is 2. The van der Waals surface area contributed by atoms with Crippen LogP contribution >= 0.6 is 0 Å². The molecule has 0 amide bonds. The van der Waals surface area contributed by atoms with Gasteiger partial charge < -0.3 is 10.3 Å². The number of hydrogen-bond acceptors (Lipinski definition) is 4. The fraction of sp³-hybridized carbons (Fsp3) is 0.0417. The normalized spacial score (nSPS) is 10.9. The van der Waals surface area contributed by atoms with Crippen molar-refractivity contribution in [3.8, 4) is 11.1 Å². The van der Waals surface area contributed by atoms with E-state index >= 15 is 0 Å². The SMILES string of the molecule is O=c1[nH]ccc2c(-c3cnn(Cc4ccccc4)c3)cnc(Nc3ccccc3)c12. The highest BCUT2D eigenvalue weighted by atomic mass is 16.1. The number of H-pyrrole nitrogens is 1. The molecule has 2 N–H and O–H groups in total. The first-order chi connectivity index (χ1) is 14.8. The summed E-state index contributed by atoms with van der Waals surface area (Å²) in [5.41, 5.74) is 3.65. The molecule has 0 radical (unpaired) electrons. The first-order valence-corrected chi connectivity index (χ1v) is 9.67. The lowest BCUT2D eigenvalue weighted by Gasteiger charge is -2.11. The van der Waals surface area contributed by atoms with Gasteiger partial charge in [-0.25, -0.2) is 4.98 Å². The van der Waals surface area contributed by atoms with Crippen molar-refractivity contribution in [2.75, 3.05) is 5.32 Å². The molecule has 0 atom stereocenters. The van der Waals surface area contributed by atoms with Gasteiger partial charge in [0.1, 0.15) is 5.82 Å². The van der Waals surface area contributed by atoms with Crippen LogP contribution in [-0.2, 0) is 6.54 Å². The Balaban J connectivity index is 1.55. The zero-order valence-electron chi connectivity index (χ0n) is 16.1. The van der Waals surface area contributed by atoms with Gasteiger partial charge in [0.2, 0.25) is 0 Å². The Morgan fingerprint density at radius 1 is 0.933 bits per heavy atom. The molecule has 0 aliphatic carbocycles. The second-order valence-electron chi connectivity index (χ2n) is 7.02. The predicted molar refractivity (Wildman–Crippen MR) is 119 cm³/mol. The van der Waals surface area contributed by atoms with Gasteiger partial charge >= 0.3 is 0 Å². The Kier molecular flexibility index (Phi) is 4.57. The maximum Gasteiger partial charge on any atom is 0.259 e. The minimum absolute atomic E-state index is 0.183. The third-order valence-electron chi connectivity index (χ3n) is 4.98. The van der Waals surface area contributed by atoms with E-state index in [1.54, 1.807) is 12.4 Å². The molecule has 0 spiro atoms. The molecule has 0 aliphatic heterocycles. The van der Waals surface area contributed by atoms with Crippen molar-refractivity contribution in [2.24, 2.45) is 0 Å². The third kappa shape index (κ3) is 3.46. The van der Waals surface area contributed by atoms with Gasteiger partial charge in [-0.3, -0.25) is 9.48 Å². The number of nitrogens with one attached hydrogen (secondary N) is 2.